The van der Waals surface area contributed by atoms with Crippen LogP contribution in [0.3, 0.4) is 0 Å². The molecule has 2 atom stereocenters. The summed E-state index contributed by atoms with van der Waals surface area (Å²) in [4.78, 5) is 2.43. The molecule has 2 unspecified atom stereocenters. The van der Waals surface area contributed by atoms with Gasteiger partial charge in [0.2, 0.25) is 0 Å². The van der Waals surface area contributed by atoms with Crippen LogP contribution in [0, 0.1) is 0 Å². The van der Waals surface area contributed by atoms with Crippen LogP contribution in [-0.2, 0) is 10.3 Å². The molecular formula is C16H26N2O2. The van der Waals surface area contributed by atoms with Gasteiger partial charge in [0.15, 0.2) is 0 Å². The van der Waals surface area contributed by atoms with Crippen molar-refractivity contribution in [2.45, 2.75) is 31.3 Å². The summed E-state index contributed by atoms with van der Waals surface area (Å²) in [7, 11) is 0. The van der Waals surface area contributed by atoms with Gasteiger partial charge in [-0.15, -0.1) is 0 Å². The van der Waals surface area contributed by atoms with Crippen molar-refractivity contribution in [2.24, 2.45) is 5.73 Å². The standard InChI is InChI=1S/C16H26N2O2/c1-2-15-12-20-11-10-18(15)9-8-16(17,13-19)14-6-4-3-5-7-14/h3-7,15,19H,2,8-13,17H2,1H3. The molecule has 0 radical (unpaired) electrons. The molecule has 4 nitrogen and oxygen atoms in total. The van der Waals surface area contributed by atoms with Crippen LogP contribution < -0.4 is 5.73 Å². The predicted molar refractivity (Wildman–Crippen MR) is 80.5 cm³/mol. The zero-order valence-electron chi connectivity index (χ0n) is 12.3. The highest BCUT2D eigenvalue weighted by atomic mass is 16.5. The average molecular weight is 278 g/mol. The molecule has 0 saturated carbocycles. The van der Waals surface area contributed by atoms with Crippen LogP contribution in [0.5, 0.6) is 0 Å². The Balaban J connectivity index is 1.99. The van der Waals surface area contributed by atoms with Gasteiger partial charge in [0.25, 0.3) is 0 Å². The van der Waals surface area contributed by atoms with E-state index in [-0.39, 0.29) is 6.61 Å². The molecule has 0 bridgehead atoms. The van der Waals surface area contributed by atoms with E-state index in [2.05, 4.69) is 11.8 Å². The number of nitrogens with two attached hydrogens (primary N) is 1. The molecule has 4 heteroatoms. The summed E-state index contributed by atoms with van der Waals surface area (Å²) in [5, 5.41) is 9.72. The summed E-state index contributed by atoms with van der Waals surface area (Å²) >= 11 is 0. The summed E-state index contributed by atoms with van der Waals surface area (Å²) in [6.07, 6.45) is 1.84. The number of benzene rings is 1. The van der Waals surface area contributed by atoms with E-state index in [9.17, 15) is 5.11 Å². The lowest BCUT2D eigenvalue weighted by Gasteiger charge is -2.37. The van der Waals surface area contributed by atoms with Gasteiger partial charge in [-0.25, -0.2) is 0 Å². The van der Waals surface area contributed by atoms with E-state index in [0.29, 0.717) is 6.04 Å². The van der Waals surface area contributed by atoms with E-state index in [1.54, 1.807) is 0 Å². The lowest BCUT2D eigenvalue weighted by molar-refractivity contribution is -0.0130. The molecule has 0 aromatic heterocycles. The Morgan fingerprint density at radius 1 is 1.40 bits per heavy atom. The minimum Gasteiger partial charge on any atom is -0.394 e. The Hall–Kier alpha value is -0.940. The van der Waals surface area contributed by atoms with Crippen LogP contribution in [-0.4, -0.2) is 49.0 Å². The molecule has 1 saturated heterocycles. The van der Waals surface area contributed by atoms with Crippen LogP contribution >= 0.6 is 0 Å². The maximum atomic E-state index is 9.72. The minimum absolute atomic E-state index is 0.0296. The van der Waals surface area contributed by atoms with E-state index in [1.807, 2.05) is 30.3 Å². The van der Waals surface area contributed by atoms with Gasteiger partial charge < -0.3 is 15.6 Å². The first-order chi connectivity index (χ1) is 9.69. The quantitative estimate of drug-likeness (QED) is 0.824. The molecule has 1 aromatic rings. The molecule has 2 rings (SSSR count). The second-order valence-corrected chi connectivity index (χ2v) is 5.60. The van der Waals surface area contributed by atoms with Crippen molar-refractivity contribution in [3.05, 3.63) is 35.9 Å². The lowest BCUT2D eigenvalue weighted by Crippen LogP contribution is -2.49. The minimum atomic E-state index is -0.655. The van der Waals surface area contributed by atoms with Gasteiger partial charge in [0, 0.05) is 19.1 Å². The second kappa shape index (κ2) is 7.18. The van der Waals surface area contributed by atoms with Crippen LogP contribution in [0.25, 0.3) is 0 Å². The number of rotatable bonds is 6. The number of ether oxygens (including phenoxy) is 1. The van der Waals surface area contributed by atoms with Crippen molar-refractivity contribution in [2.75, 3.05) is 32.9 Å². The molecule has 1 aliphatic rings. The van der Waals surface area contributed by atoms with Crippen molar-refractivity contribution in [1.82, 2.24) is 4.90 Å². The molecule has 1 fully saturated rings. The molecule has 1 heterocycles. The summed E-state index contributed by atoms with van der Waals surface area (Å²) in [5.74, 6) is 0. The summed E-state index contributed by atoms with van der Waals surface area (Å²) < 4.78 is 5.52. The lowest BCUT2D eigenvalue weighted by atomic mass is 9.88. The van der Waals surface area contributed by atoms with Crippen molar-refractivity contribution >= 4 is 0 Å². The molecule has 0 spiro atoms. The van der Waals surface area contributed by atoms with Crippen molar-refractivity contribution in [1.29, 1.82) is 0 Å². The zero-order chi connectivity index (χ0) is 14.4. The monoisotopic (exact) mass is 278 g/mol. The first-order valence-corrected chi connectivity index (χ1v) is 7.46. The first kappa shape index (κ1) is 15.4. The third kappa shape index (κ3) is 3.58. The third-order valence-corrected chi connectivity index (χ3v) is 4.30. The Morgan fingerprint density at radius 2 is 2.15 bits per heavy atom. The average Bonchev–Trinajstić information content (AvgIpc) is 2.53. The van der Waals surface area contributed by atoms with Gasteiger partial charge in [-0.2, -0.15) is 0 Å². The molecule has 3 N–H and O–H groups in total. The normalized spacial score (nSPS) is 23.4. The predicted octanol–water partition coefficient (Wildman–Crippen LogP) is 1.33. The van der Waals surface area contributed by atoms with Gasteiger partial charge >= 0.3 is 0 Å². The van der Waals surface area contributed by atoms with E-state index < -0.39 is 5.54 Å². The van der Waals surface area contributed by atoms with Crippen molar-refractivity contribution in [3.63, 3.8) is 0 Å². The summed E-state index contributed by atoms with van der Waals surface area (Å²) in [6, 6.07) is 10.4. The largest absolute Gasteiger partial charge is 0.394 e. The number of aliphatic hydroxyl groups excluding tert-OH is 1. The number of hydrogen-bond acceptors (Lipinski definition) is 4. The van der Waals surface area contributed by atoms with Crippen LogP contribution in [0.15, 0.2) is 30.3 Å². The van der Waals surface area contributed by atoms with E-state index >= 15 is 0 Å². The Kier molecular flexibility index (Phi) is 5.54. The number of nitrogens with zero attached hydrogens (tertiary/aromatic N) is 1. The highest BCUT2D eigenvalue weighted by molar-refractivity contribution is 5.24. The molecule has 0 aliphatic carbocycles. The van der Waals surface area contributed by atoms with Crippen LogP contribution in [0.4, 0.5) is 0 Å². The van der Waals surface area contributed by atoms with Crippen molar-refractivity contribution < 1.29 is 9.84 Å². The maximum absolute atomic E-state index is 9.72. The number of morpholine rings is 1. The van der Waals surface area contributed by atoms with E-state index in [1.165, 1.54) is 0 Å². The van der Waals surface area contributed by atoms with Crippen LogP contribution in [0.1, 0.15) is 25.3 Å². The number of hydrogen-bond donors (Lipinski definition) is 2. The topological polar surface area (TPSA) is 58.7 Å². The molecular weight excluding hydrogens is 252 g/mol. The second-order valence-electron chi connectivity index (χ2n) is 5.60. The van der Waals surface area contributed by atoms with Gasteiger partial charge in [-0.05, 0) is 18.4 Å². The third-order valence-electron chi connectivity index (χ3n) is 4.30. The van der Waals surface area contributed by atoms with Gasteiger partial charge in [0.1, 0.15) is 0 Å². The summed E-state index contributed by atoms with van der Waals surface area (Å²) in [6.45, 7) is 5.60. The van der Waals surface area contributed by atoms with E-state index in [4.69, 9.17) is 10.5 Å². The Morgan fingerprint density at radius 3 is 2.80 bits per heavy atom. The van der Waals surface area contributed by atoms with Crippen molar-refractivity contribution in [3.8, 4) is 0 Å². The van der Waals surface area contributed by atoms with Crippen LogP contribution in [0.2, 0.25) is 0 Å². The fourth-order valence-corrected chi connectivity index (χ4v) is 2.79. The highest BCUT2D eigenvalue weighted by Gasteiger charge is 2.29. The van der Waals surface area contributed by atoms with Gasteiger partial charge in [-0.1, -0.05) is 37.3 Å². The fraction of sp³-hybridized carbons (Fsp3) is 0.625. The van der Waals surface area contributed by atoms with Gasteiger partial charge in [0.05, 0.1) is 25.4 Å². The first-order valence-electron chi connectivity index (χ1n) is 7.46. The van der Waals surface area contributed by atoms with Gasteiger partial charge in [-0.3, -0.25) is 4.90 Å². The highest BCUT2D eigenvalue weighted by Crippen LogP contribution is 2.23. The Labute approximate surface area is 121 Å². The molecule has 112 valence electrons. The zero-order valence-corrected chi connectivity index (χ0v) is 12.3. The number of aliphatic hydroxyl groups is 1. The SMILES string of the molecule is CCC1COCCN1CCC(N)(CO)c1ccccc1. The fourth-order valence-electron chi connectivity index (χ4n) is 2.79. The smallest absolute Gasteiger partial charge is 0.0656 e. The summed E-state index contributed by atoms with van der Waals surface area (Å²) in [5.41, 5.74) is 6.76. The molecule has 20 heavy (non-hydrogen) atoms. The maximum Gasteiger partial charge on any atom is 0.0656 e. The molecule has 0 amide bonds. The molecule has 1 aromatic carbocycles. The molecule has 1 aliphatic heterocycles. The van der Waals surface area contributed by atoms with E-state index in [0.717, 1.165) is 44.7 Å². The Bertz CT molecular complexity index is 399.